The minimum atomic E-state index is -4.13. The van der Waals surface area contributed by atoms with Gasteiger partial charge in [0.15, 0.2) is 5.75 Å². The lowest BCUT2D eigenvalue weighted by Gasteiger charge is -2.13. The average molecular weight is 357 g/mol. The molecule has 23 heavy (non-hydrogen) atoms. The van der Waals surface area contributed by atoms with E-state index in [4.69, 9.17) is 25.6 Å². The minimum absolute atomic E-state index is 0.0523. The highest BCUT2D eigenvalue weighted by Gasteiger charge is 2.23. The number of methoxy groups -OCH3 is 1. The minimum Gasteiger partial charge on any atom is -0.493 e. The molecule has 0 saturated carbocycles. The van der Waals surface area contributed by atoms with Gasteiger partial charge < -0.3 is 14.0 Å². The monoisotopic (exact) mass is 356 g/mol. The summed E-state index contributed by atoms with van der Waals surface area (Å²) < 4.78 is 34.6. The fourth-order valence-corrected chi connectivity index (χ4v) is 3.04. The highest BCUT2D eigenvalue weighted by atomic mass is 35.5. The van der Waals surface area contributed by atoms with Crippen LogP contribution in [0.15, 0.2) is 41.3 Å². The second-order valence-electron chi connectivity index (χ2n) is 4.65. The number of hydrogen-bond acceptors (Lipinski definition) is 5. The maximum atomic E-state index is 12.3. The van der Waals surface area contributed by atoms with Crippen molar-refractivity contribution in [2.24, 2.45) is 0 Å². The van der Waals surface area contributed by atoms with E-state index in [1.54, 1.807) is 12.1 Å². The number of aromatic carboxylic acids is 1. The molecule has 122 valence electrons. The Kier molecular flexibility index (Phi) is 4.82. The molecule has 2 aromatic rings. The summed E-state index contributed by atoms with van der Waals surface area (Å²) in [5, 5.41) is 8.80. The van der Waals surface area contributed by atoms with E-state index in [1.807, 2.05) is 6.92 Å². The van der Waals surface area contributed by atoms with E-state index in [1.165, 1.54) is 19.2 Å². The van der Waals surface area contributed by atoms with Crippen LogP contribution in [0.3, 0.4) is 0 Å². The molecule has 0 amide bonds. The number of ether oxygens (including phenoxy) is 1. The second kappa shape index (κ2) is 6.47. The van der Waals surface area contributed by atoms with Gasteiger partial charge in [0.2, 0.25) is 5.75 Å². The molecule has 0 radical (unpaired) electrons. The molecule has 0 bridgehead atoms. The van der Waals surface area contributed by atoms with Gasteiger partial charge >= 0.3 is 16.1 Å². The van der Waals surface area contributed by atoms with Crippen molar-refractivity contribution in [1.82, 2.24) is 0 Å². The Bertz CT molecular complexity index is 843. The lowest BCUT2D eigenvalue weighted by Crippen LogP contribution is -2.11. The molecule has 0 atom stereocenters. The number of aryl methyl sites for hydroxylation is 1. The largest absolute Gasteiger partial charge is 0.493 e. The van der Waals surface area contributed by atoms with Crippen molar-refractivity contribution in [2.75, 3.05) is 7.11 Å². The van der Waals surface area contributed by atoms with E-state index in [9.17, 15) is 13.2 Å². The van der Waals surface area contributed by atoms with Gasteiger partial charge in [0.25, 0.3) is 0 Å². The molecule has 2 rings (SSSR count). The molecule has 8 heteroatoms. The first-order valence-electron chi connectivity index (χ1n) is 6.36. The number of rotatable bonds is 5. The quantitative estimate of drug-likeness (QED) is 0.828. The number of carbonyl (C=O) groups is 1. The molecular weight excluding hydrogens is 344 g/mol. The first-order chi connectivity index (χ1) is 10.7. The van der Waals surface area contributed by atoms with E-state index in [2.05, 4.69) is 0 Å². The molecule has 0 aromatic heterocycles. The lowest BCUT2D eigenvalue weighted by molar-refractivity contribution is 0.0696. The number of carboxylic acids is 1. The molecule has 0 saturated heterocycles. The predicted octanol–water partition coefficient (Wildman–Crippen LogP) is 3.12. The molecule has 0 unspecified atom stereocenters. The van der Waals surface area contributed by atoms with Gasteiger partial charge in [0.1, 0.15) is 4.90 Å². The smallest absolute Gasteiger partial charge is 0.339 e. The SMILES string of the molecule is COc1cc(C(=O)O)cc(Cl)c1OS(=O)(=O)c1ccc(C)cc1. The van der Waals surface area contributed by atoms with Gasteiger partial charge in [-0.3, -0.25) is 0 Å². The summed E-state index contributed by atoms with van der Waals surface area (Å²) in [6.07, 6.45) is 0. The standard InChI is InChI=1S/C15H13ClO6S/c1-9-3-5-11(6-4-9)23(19,20)22-14-12(16)7-10(15(17)18)8-13(14)21-2/h3-8H,1-2H3,(H,17,18). The van der Waals surface area contributed by atoms with Gasteiger partial charge in [-0.15, -0.1) is 0 Å². The molecule has 0 aliphatic carbocycles. The van der Waals surface area contributed by atoms with Crippen molar-refractivity contribution in [2.45, 2.75) is 11.8 Å². The first kappa shape index (κ1) is 17.1. The van der Waals surface area contributed by atoms with Gasteiger partial charge in [-0.05, 0) is 31.2 Å². The molecule has 2 aromatic carbocycles. The lowest BCUT2D eigenvalue weighted by atomic mass is 10.2. The zero-order valence-electron chi connectivity index (χ0n) is 12.2. The Morgan fingerprint density at radius 2 is 1.78 bits per heavy atom. The van der Waals surface area contributed by atoms with Gasteiger partial charge in [0.05, 0.1) is 17.7 Å². The summed E-state index contributed by atoms with van der Waals surface area (Å²) in [5.74, 6) is -1.58. The Balaban J connectivity index is 2.46. The summed E-state index contributed by atoms with van der Waals surface area (Å²) in [5.41, 5.74) is 0.748. The molecule has 0 aliphatic rings. The van der Waals surface area contributed by atoms with Crippen LogP contribution in [0.1, 0.15) is 15.9 Å². The molecule has 0 heterocycles. The van der Waals surface area contributed by atoms with Crippen LogP contribution in [-0.4, -0.2) is 26.6 Å². The van der Waals surface area contributed by atoms with Crippen LogP contribution in [0.4, 0.5) is 0 Å². The van der Waals surface area contributed by atoms with Gasteiger partial charge in [-0.25, -0.2) is 4.79 Å². The van der Waals surface area contributed by atoms with Crippen molar-refractivity contribution >= 4 is 27.7 Å². The topological polar surface area (TPSA) is 89.9 Å². The highest BCUT2D eigenvalue weighted by Crippen LogP contribution is 2.38. The third-order valence-corrected chi connectivity index (χ3v) is 4.50. The molecule has 6 nitrogen and oxygen atoms in total. The van der Waals surface area contributed by atoms with Gasteiger partial charge in [-0.1, -0.05) is 29.3 Å². The van der Waals surface area contributed by atoms with Crippen molar-refractivity contribution in [1.29, 1.82) is 0 Å². The van der Waals surface area contributed by atoms with Crippen molar-refractivity contribution in [3.05, 3.63) is 52.5 Å². The van der Waals surface area contributed by atoms with Crippen LogP contribution < -0.4 is 8.92 Å². The van der Waals surface area contributed by atoms with E-state index < -0.39 is 16.1 Å². The number of halogens is 1. The first-order valence-corrected chi connectivity index (χ1v) is 8.15. The predicted molar refractivity (Wildman–Crippen MR) is 84.0 cm³/mol. The second-order valence-corrected chi connectivity index (χ2v) is 6.60. The Morgan fingerprint density at radius 1 is 1.17 bits per heavy atom. The zero-order chi connectivity index (χ0) is 17.2. The van der Waals surface area contributed by atoms with Crippen molar-refractivity contribution in [3.63, 3.8) is 0 Å². The van der Waals surface area contributed by atoms with E-state index in [-0.39, 0.29) is 27.0 Å². The summed E-state index contributed by atoms with van der Waals surface area (Å²) in [6.45, 7) is 1.82. The summed E-state index contributed by atoms with van der Waals surface area (Å²) in [6, 6.07) is 8.28. The Labute approximate surface area is 138 Å². The van der Waals surface area contributed by atoms with E-state index in [0.717, 1.165) is 17.7 Å². The molecule has 0 fully saturated rings. The Morgan fingerprint density at radius 3 is 2.30 bits per heavy atom. The molecule has 0 spiro atoms. The fraction of sp³-hybridized carbons (Fsp3) is 0.133. The Hall–Kier alpha value is -2.25. The number of benzene rings is 2. The van der Waals surface area contributed by atoms with Crippen LogP contribution in [0.2, 0.25) is 5.02 Å². The molecular formula is C15H13ClO6S. The molecule has 0 aliphatic heterocycles. The van der Waals surface area contributed by atoms with E-state index >= 15 is 0 Å². The van der Waals surface area contributed by atoms with Crippen LogP contribution in [0, 0.1) is 6.92 Å². The van der Waals surface area contributed by atoms with Crippen LogP contribution in [-0.2, 0) is 10.1 Å². The van der Waals surface area contributed by atoms with Crippen molar-refractivity contribution in [3.8, 4) is 11.5 Å². The van der Waals surface area contributed by atoms with Gasteiger partial charge in [0, 0.05) is 0 Å². The van der Waals surface area contributed by atoms with Crippen LogP contribution >= 0.6 is 11.6 Å². The fourth-order valence-electron chi connectivity index (χ4n) is 1.79. The highest BCUT2D eigenvalue weighted by molar-refractivity contribution is 7.87. The normalized spacial score (nSPS) is 11.1. The third kappa shape index (κ3) is 3.75. The summed E-state index contributed by atoms with van der Waals surface area (Å²) in [4.78, 5) is 10.9. The van der Waals surface area contributed by atoms with Crippen LogP contribution in [0.5, 0.6) is 11.5 Å². The number of hydrogen-bond donors (Lipinski definition) is 1. The van der Waals surface area contributed by atoms with E-state index in [0.29, 0.717) is 0 Å². The molecule has 1 N–H and O–H groups in total. The van der Waals surface area contributed by atoms with Gasteiger partial charge in [-0.2, -0.15) is 8.42 Å². The van der Waals surface area contributed by atoms with Crippen LogP contribution in [0.25, 0.3) is 0 Å². The number of carboxylic acid groups (broad SMARTS) is 1. The third-order valence-electron chi connectivity index (χ3n) is 2.98. The summed E-state index contributed by atoms with van der Waals surface area (Å²) >= 11 is 5.94. The average Bonchev–Trinajstić information content (AvgIpc) is 2.49. The maximum absolute atomic E-state index is 12.3. The van der Waals surface area contributed by atoms with Crippen molar-refractivity contribution < 1.29 is 27.2 Å². The maximum Gasteiger partial charge on any atom is 0.339 e. The summed E-state index contributed by atoms with van der Waals surface area (Å²) in [7, 11) is -2.88. The zero-order valence-corrected chi connectivity index (χ0v) is 13.8.